The maximum atomic E-state index is 6.58. The summed E-state index contributed by atoms with van der Waals surface area (Å²) in [6.45, 7) is 0. The van der Waals surface area contributed by atoms with Crippen molar-refractivity contribution in [2.75, 3.05) is 0 Å². The third-order valence-electron chi connectivity index (χ3n) is 29.6. The molecule has 11 heterocycles. The average Bonchev–Trinajstić information content (AvgIpc) is 1.54. The van der Waals surface area contributed by atoms with Crippen LogP contribution in [0.1, 0.15) is 0 Å². The number of thiophene rings is 3. The van der Waals surface area contributed by atoms with E-state index in [2.05, 4.69) is 378 Å². The van der Waals surface area contributed by atoms with E-state index in [-0.39, 0.29) is 0 Å². The Morgan fingerprint density at radius 1 is 0.204 bits per heavy atom. The molecule has 0 atom stereocenters. The van der Waals surface area contributed by atoms with E-state index in [1.165, 1.54) is 158 Å². The summed E-state index contributed by atoms with van der Waals surface area (Å²) in [6, 6.07) is 159. The molecule has 33 aromatic rings. The molecule has 147 heavy (non-hydrogen) atoms. The fourth-order valence-electron chi connectivity index (χ4n) is 23.2. The number of hydrogen-bond donors (Lipinski definition) is 0. The number of benzene rings is 22. The third-order valence-corrected chi connectivity index (χ3v) is 33.1. The summed E-state index contributed by atoms with van der Waals surface area (Å²) in [5, 5.41) is 32.7. The highest BCUT2D eigenvalue weighted by atomic mass is 32.1. The summed E-state index contributed by atoms with van der Waals surface area (Å²) in [4.78, 5) is 41.7. The summed E-state index contributed by atoms with van der Waals surface area (Å²) in [5.74, 6) is 3.22. The Kier molecular flexibility index (Phi) is 18.5. The molecule has 0 amide bonds. The van der Waals surface area contributed by atoms with Gasteiger partial charge in [0.1, 0.15) is 16.8 Å². The van der Waals surface area contributed by atoms with Crippen LogP contribution in [0.4, 0.5) is 0 Å². The fourth-order valence-corrected chi connectivity index (χ4v) is 27.0. The molecule has 0 fully saturated rings. The van der Waals surface area contributed by atoms with E-state index in [1.54, 1.807) is 0 Å². The maximum Gasteiger partial charge on any atom is 0.238 e. The molecule has 0 aliphatic heterocycles. The molecular weight excluding hydrogens is 1850 g/mol. The second kappa shape index (κ2) is 32.8. The van der Waals surface area contributed by atoms with Gasteiger partial charge in [0.2, 0.25) is 11.9 Å². The van der Waals surface area contributed by atoms with Crippen molar-refractivity contribution in [1.29, 1.82) is 0 Å². The van der Waals surface area contributed by atoms with Crippen molar-refractivity contribution >= 4 is 268 Å². The second-order valence-electron chi connectivity index (χ2n) is 37.7. The summed E-state index contributed by atoms with van der Waals surface area (Å²) < 4.78 is 21.3. The quantitative estimate of drug-likeness (QED) is 0.146. The van der Waals surface area contributed by atoms with Gasteiger partial charge >= 0.3 is 0 Å². The van der Waals surface area contributed by atoms with Gasteiger partial charge in [-0.3, -0.25) is 14.1 Å². The third kappa shape index (κ3) is 12.7. The zero-order valence-electron chi connectivity index (χ0n) is 78.4. The van der Waals surface area contributed by atoms with E-state index in [9.17, 15) is 0 Å². The number of nitrogens with zero attached hydrogens (tertiary/aromatic N) is 11. The Morgan fingerprint density at radius 3 is 1.06 bits per heavy atom. The van der Waals surface area contributed by atoms with Crippen molar-refractivity contribution in [3.05, 3.63) is 455 Å². The van der Waals surface area contributed by atoms with E-state index in [0.717, 1.165) is 110 Å². The van der Waals surface area contributed by atoms with Crippen LogP contribution in [0.2, 0.25) is 0 Å². The molecule has 12 nitrogen and oxygen atoms in total. The molecule has 0 saturated heterocycles. The Labute approximate surface area is 849 Å². The first-order valence-electron chi connectivity index (χ1n) is 49.3. The first kappa shape index (κ1) is 82.8. The lowest BCUT2D eigenvalue weighted by Crippen LogP contribution is -2.06. The summed E-state index contributed by atoms with van der Waals surface area (Å²) in [7, 11) is 0. The van der Waals surface area contributed by atoms with Crippen LogP contribution in [0.5, 0.6) is 0 Å². The van der Waals surface area contributed by atoms with Gasteiger partial charge in [-0.1, -0.05) is 388 Å². The van der Waals surface area contributed by atoms with Gasteiger partial charge in [-0.25, -0.2) is 24.9 Å². The lowest BCUT2D eigenvalue weighted by Gasteiger charge is -2.13. The van der Waals surface area contributed by atoms with E-state index < -0.39 is 0 Å². The number of para-hydroxylation sites is 3. The molecule has 33 rings (SSSR count). The van der Waals surface area contributed by atoms with E-state index >= 15 is 0 Å². The first-order chi connectivity index (χ1) is 72.9. The minimum atomic E-state index is 0.600. The van der Waals surface area contributed by atoms with Crippen molar-refractivity contribution in [3.63, 3.8) is 0 Å². The van der Waals surface area contributed by atoms with Gasteiger partial charge in [-0.15, -0.1) is 34.0 Å². The van der Waals surface area contributed by atoms with Gasteiger partial charge in [-0.2, -0.15) is 9.97 Å². The Bertz CT molecular complexity index is 11400. The lowest BCUT2D eigenvalue weighted by atomic mass is 9.98. The molecular formula is C132H75N11OS3. The highest BCUT2D eigenvalue weighted by Crippen LogP contribution is 2.55. The second-order valence-corrected chi connectivity index (χ2v) is 40.8. The summed E-state index contributed by atoms with van der Waals surface area (Å²) in [5.41, 5.74) is 18.6. The zero-order valence-corrected chi connectivity index (χ0v) is 80.8. The smallest absolute Gasteiger partial charge is 0.238 e. The van der Waals surface area contributed by atoms with E-state index in [0.29, 0.717) is 40.6 Å². The molecule has 0 aliphatic rings. The van der Waals surface area contributed by atoms with Crippen LogP contribution in [0.15, 0.2) is 460 Å². The van der Waals surface area contributed by atoms with Crippen molar-refractivity contribution < 1.29 is 4.42 Å². The van der Waals surface area contributed by atoms with Crippen LogP contribution in [-0.4, -0.2) is 53.6 Å². The number of pyridine rings is 1. The monoisotopic (exact) mass is 1930 g/mol. The molecule has 0 spiro atoms. The predicted molar refractivity (Wildman–Crippen MR) is 618 cm³/mol. The predicted octanol–water partition coefficient (Wildman–Crippen LogP) is 36.1. The number of hydrogen-bond acceptors (Lipinski definition) is 12. The van der Waals surface area contributed by atoms with Crippen LogP contribution in [0.25, 0.3) is 309 Å². The molecule has 0 aliphatic carbocycles. The van der Waals surface area contributed by atoms with Crippen molar-refractivity contribution in [2.24, 2.45) is 0 Å². The van der Waals surface area contributed by atoms with Gasteiger partial charge in [0, 0.05) is 151 Å². The number of aromatic nitrogens is 11. The minimum absolute atomic E-state index is 0.600. The molecule has 15 heteroatoms. The zero-order chi connectivity index (χ0) is 96.2. The molecule has 22 aromatic carbocycles. The molecule has 0 radical (unpaired) electrons. The van der Waals surface area contributed by atoms with E-state index in [1.807, 2.05) is 125 Å². The minimum Gasteiger partial charge on any atom is -0.452 e. The normalized spacial score (nSPS) is 12.1. The lowest BCUT2D eigenvalue weighted by molar-refractivity contribution is 0.666. The van der Waals surface area contributed by atoms with Crippen LogP contribution in [0, 0.1) is 0 Å². The number of rotatable bonds is 8. The van der Waals surface area contributed by atoms with Gasteiger partial charge < -0.3 is 8.98 Å². The topological polar surface area (TPSA) is 131 Å². The van der Waals surface area contributed by atoms with Crippen molar-refractivity contribution in [3.8, 4) is 74.3 Å². The molecule has 0 unspecified atom stereocenters. The standard InChI is InChI=1S/C46H27N3S.C45H24N4OS.C41H24N4S/c1-2-14-29(15-3-1)42-35-21-8-10-23-38(35)47-46(48-42)30-16-12-17-31(27-30)49-43-32-18-5-4-13-28(32)25-26-37(43)40-33-19-6-7-20-34(33)41-36-22-9-11-24-39(36)50-45(41)44(40)49;1-3-13-28-25(11-1)21-22-33-37-29-14-4-5-15-30(29)38-32-17-7-10-20-36(32)51-44(38)42(37)49(41(28)33)45-47-39(27-23-26-12-2-8-18-34(26)46-24-27)43-40(48-45)31-16-6-9-19-35(31)50-43;1-3-14-26(15-4-1)39-42-40(27-16-5-2-6-17-27)44-41(43-39)45-36-28-18-8-7-13-25(28)23-24-32(36)34-29-19-9-10-20-30(29)35-31-21-11-12-22-33(31)46-38(35)37(34)45/h1-27H;1-24H;1-24H. The summed E-state index contributed by atoms with van der Waals surface area (Å²) >= 11 is 5.58. The van der Waals surface area contributed by atoms with Crippen LogP contribution in [-0.2, 0) is 0 Å². The summed E-state index contributed by atoms with van der Waals surface area (Å²) in [6.07, 6.45) is 1.90. The average molecular weight is 1930 g/mol. The largest absolute Gasteiger partial charge is 0.452 e. The Balaban J connectivity index is 0.000000100. The maximum absolute atomic E-state index is 6.58. The Hall–Kier alpha value is -18.9. The van der Waals surface area contributed by atoms with Crippen LogP contribution in [0.3, 0.4) is 0 Å². The fraction of sp³-hybridized carbons (Fsp3) is 0. The first-order valence-corrected chi connectivity index (χ1v) is 51.8. The van der Waals surface area contributed by atoms with Crippen molar-refractivity contribution in [1.82, 2.24) is 53.6 Å². The van der Waals surface area contributed by atoms with Gasteiger partial charge in [-0.05, 0) is 109 Å². The highest BCUT2D eigenvalue weighted by Gasteiger charge is 2.32. The van der Waals surface area contributed by atoms with Crippen molar-refractivity contribution in [2.45, 2.75) is 0 Å². The molecule has 0 bridgehead atoms. The van der Waals surface area contributed by atoms with E-state index in [4.69, 9.17) is 44.3 Å². The number of furan rings is 1. The molecule has 0 saturated carbocycles. The number of fused-ring (bicyclic) bond motifs is 41. The van der Waals surface area contributed by atoms with Gasteiger partial charge in [0.25, 0.3) is 0 Å². The van der Waals surface area contributed by atoms with Gasteiger partial charge in [0.15, 0.2) is 23.1 Å². The SMILES string of the molecule is c1ccc(-c2nc(-c3cccc(-n4c5c6ccccc6ccc5c5c6ccccc6c6c7ccccc7sc6c54)c3)nc3ccccc23)cc1.c1ccc(-c2nc(-c3ccccc3)nc(-n3c4c5ccccc5ccc4c4c5ccccc5c5c6ccccc6sc5c43)n2)cc1.c1ccc2ncc(-c3nc(-n4c5c6ccccc6ccc5c5c6ccccc6c6c7ccccc7sc6c54)nc4c3oc3ccccc34)cc2c1. The molecule has 682 valence electrons. The molecule has 0 N–H and O–H groups in total. The molecule has 11 aromatic heterocycles. The highest BCUT2D eigenvalue weighted by molar-refractivity contribution is 7.28. The van der Waals surface area contributed by atoms with Crippen LogP contribution >= 0.6 is 34.0 Å². The Morgan fingerprint density at radius 2 is 0.571 bits per heavy atom. The van der Waals surface area contributed by atoms with Gasteiger partial charge in [0.05, 0.1) is 63.9 Å². The van der Waals surface area contributed by atoms with Crippen LogP contribution < -0.4 is 0 Å².